The lowest BCUT2D eigenvalue weighted by Gasteiger charge is -2.36. The second-order valence-corrected chi connectivity index (χ2v) is 10.9. The summed E-state index contributed by atoms with van der Waals surface area (Å²) < 4.78 is 3.32. The highest BCUT2D eigenvalue weighted by Crippen LogP contribution is 2.31. The van der Waals surface area contributed by atoms with Crippen LogP contribution in [0.2, 0.25) is 5.02 Å². The number of fused-ring (bicyclic) bond motifs is 2. The van der Waals surface area contributed by atoms with Gasteiger partial charge in [-0.15, -0.1) is 0 Å². The minimum atomic E-state index is -0.619. The summed E-state index contributed by atoms with van der Waals surface area (Å²) >= 11 is 10.3. The van der Waals surface area contributed by atoms with Crippen molar-refractivity contribution in [1.29, 1.82) is 5.41 Å². The van der Waals surface area contributed by atoms with Gasteiger partial charge in [0.25, 0.3) is 0 Å². The van der Waals surface area contributed by atoms with Gasteiger partial charge in [-0.25, -0.2) is 9.56 Å². The van der Waals surface area contributed by atoms with E-state index in [1.807, 2.05) is 23.2 Å². The maximum atomic E-state index is 13.1. The molecule has 0 radical (unpaired) electrons. The van der Waals surface area contributed by atoms with Crippen LogP contribution >= 0.6 is 27.5 Å². The van der Waals surface area contributed by atoms with Gasteiger partial charge < -0.3 is 14.9 Å². The summed E-state index contributed by atoms with van der Waals surface area (Å²) in [5, 5.41) is 19.2. The Morgan fingerprint density at radius 2 is 1.86 bits per heavy atom. The Morgan fingerprint density at radius 3 is 2.57 bits per heavy atom. The number of benzene rings is 1. The lowest BCUT2D eigenvalue weighted by atomic mass is 9.93. The molecule has 0 bridgehead atoms. The number of amidine groups is 1. The number of pyridine rings is 1. The fourth-order valence-corrected chi connectivity index (χ4v) is 6.18. The van der Waals surface area contributed by atoms with Gasteiger partial charge in [0.05, 0.1) is 23.7 Å². The Labute approximate surface area is 219 Å². The molecule has 0 atom stereocenters. The number of likely N-dealkylation sites (tertiary alicyclic amines) is 1. The van der Waals surface area contributed by atoms with Crippen LogP contribution in [0, 0.1) is 11.3 Å². The van der Waals surface area contributed by atoms with Crippen molar-refractivity contribution in [3.05, 3.63) is 62.3 Å². The number of carbonyl (C=O) groups is 1. The number of nitrogens with zero attached hydrogens (tertiary/aromatic N) is 4. The van der Waals surface area contributed by atoms with E-state index >= 15 is 0 Å². The fraction of sp³-hybridized carbons (Fsp3) is 0.462. The number of nitrogens with one attached hydrogen (secondary N) is 1. The number of carbonyl (C=O) groups excluding carboxylic acids is 1. The zero-order valence-corrected chi connectivity index (χ0v) is 21.9. The van der Waals surface area contributed by atoms with Crippen molar-refractivity contribution in [3.8, 4) is 0 Å². The first-order valence-electron chi connectivity index (χ1n) is 12.2. The standard InChI is InChI=1S/C26H29BrClN5O2/c27-20-15-19-5-4-18-2-1-3-21(28)23(18)25(24(19)30-16-20)32-12-10-31(11-13-32)22(34)14-17-6-8-33(9-7-17)26(29)35/h1-3,15-17H,4-14H2,(H-,29,35). The Morgan fingerprint density at radius 1 is 1.14 bits per heavy atom. The quantitative estimate of drug-likeness (QED) is 0.349. The molecule has 2 fully saturated rings. The highest BCUT2D eigenvalue weighted by molar-refractivity contribution is 9.10. The van der Waals surface area contributed by atoms with Gasteiger partial charge >= 0.3 is 0 Å². The van der Waals surface area contributed by atoms with E-state index in [4.69, 9.17) is 22.0 Å². The molecule has 184 valence electrons. The van der Waals surface area contributed by atoms with Crippen LogP contribution in [0.15, 0.2) is 34.9 Å². The molecule has 3 aliphatic rings. The van der Waals surface area contributed by atoms with Gasteiger partial charge in [-0.2, -0.15) is 0 Å². The third kappa shape index (κ3) is 5.09. The maximum absolute atomic E-state index is 13.1. The SMILES string of the molecule is N=C([O-])N1CCC(CC(=O)N2CC[N+](=C3c4ncc(Br)cc4CCc4cccc(Cl)c43)CC2)CC1. The van der Waals surface area contributed by atoms with E-state index in [-0.39, 0.29) is 11.8 Å². The Balaban J connectivity index is 1.35. The zero-order chi connectivity index (χ0) is 24.5. The number of amides is 1. The normalized spacial score (nSPS) is 18.7. The molecule has 35 heavy (non-hydrogen) atoms. The second-order valence-electron chi connectivity index (χ2n) is 9.59. The molecule has 1 N–H and O–H groups in total. The van der Waals surface area contributed by atoms with Gasteiger partial charge in [0.1, 0.15) is 5.69 Å². The van der Waals surface area contributed by atoms with Gasteiger partial charge in [-0.1, -0.05) is 23.7 Å². The predicted octanol–water partition coefficient (Wildman–Crippen LogP) is 2.69. The molecule has 0 saturated carbocycles. The molecule has 1 aromatic carbocycles. The van der Waals surface area contributed by atoms with Crippen molar-refractivity contribution in [2.45, 2.75) is 32.1 Å². The van der Waals surface area contributed by atoms with Gasteiger partial charge in [0.2, 0.25) is 11.6 Å². The summed E-state index contributed by atoms with van der Waals surface area (Å²) in [4.78, 5) is 21.4. The highest BCUT2D eigenvalue weighted by Gasteiger charge is 2.34. The van der Waals surface area contributed by atoms with Crippen LogP contribution in [0.25, 0.3) is 0 Å². The highest BCUT2D eigenvalue weighted by atomic mass is 79.9. The van der Waals surface area contributed by atoms with Crippen molar-refractivity contribution >= 4 is 45.2 Å². The summed E-state index contributed by atoms with van der Waals surface area (Å²) in [5.74, 6) is 0.472. The lowest BCUT2D eigenvalue weighted by Crippen LogP contribution is -2.48. The van der Waals surface area contributed by atoms with Crippen molar-refractivity contribution < 1.29 is 14.5 Å². The van der Waals surface area contributed by atoms with Crippen LogP contribution in [-0.4, -0.2) is 76.3 Å². The van der Waals surface area contributed by atoms with Gasteiger partial charge in [0.15, 0.2) is 13.1 Å². The summed E-state index contributed by atoms with van der Waals surface area (Å²) in [6, 6.07) is 7.65. The summed E-state index contributed by atoms with van der Waals surface area (Å²) in [6.45, 7) is 3.95. The third-order valence-electron chi connectivity index (χ3n) is 7.47. The average molecular weight is 559 g/mol. The molecular formula is C26H29BrClN5O2. The minimum absolute atomic E-state index is 0.187. The molecule has 1 aliphatic carbocycles. The molecule has 1 amide bonds. The third-order valence-corrected chi connectivity index (χ3v) is 8.22. The molecule has 9 heteroatoms. The van der Waals surface area contributed by atoms with E-state index in [2.05, 4.69) is 32.6 Å². The molecule has 1 aromatic heterocycles. The van der Waals surface area contributed by atoms with Crippen molar-refractivity contribution in [2.75, 3.05) is 39.3 Å². The number of hydrogen-bond acceptors (Lipinski definition) is 4. The number of aryl methyl sites for hydroxylation is 2. The molecule has 2 aromatic rings. The first-order chi connectivity index (χ1) is 16.9. The van der Waals surface area contributed by atoms with Crippen LogP contribution in [-0.2, 0) is 17.6 Å². The Kier molecular flexibility index (Phi) is 7.12. The molecule has 3 heterocycles. The largest absolute Gasteiger partial charge is 0.846 e. The number of rotatable bonds is 2. The Hall–Kier alpha value is -2.45. The van der Waals surface area contributed by atoms with Crippen LogP contribution in [0.1, 0.15) is 41.6 Å². The molecule has 7 nitrogen and oxygen atoms in total. The number of piperazine rings is 1. The first kappa shape index (κ1) is 24.3. The smallest absolute Gasteiger partial charge is 0.235 e. The summed E-state index contributed by atoms with van der Waals surface area (Å²) in [5.41, 5.74) is 5.56. The van der Waals surface area contributed by atoms with Gasteiger partial charge in [-0.3, -0.25) is 10.2 Å². The maximum Gasteiger partial charge on any atom is 0.235 e. The van der Waals surface area contributed by atoms with Crippen LogP contribution < -0.4 is 5.11 Å². The van der Waals surface area contributed by atoms with Crippen molar-refractivity contribution in [2.24, 2.45) is 5.92 Å². The van der Waals surface area contributed by atoms with Crippen molar-refractivity contribution in [1.82, 2.24) is 14.8 Å². The van der Waals surface area contributed by atoms with E-state index in [0.29, 0.717) is 32.6 Å². The molecule has 2 saturated heterocycles. The van der Waals surface area contributed by atoms with E-state index in [1.54, 1.807) is 4.90 Å². The number of aromatic nitrogens is 1. The molecule has 5 rings (SSSR count). The number of halogens is 2. The molecule has 0 unspecified atom stereocenters. The lowest BCUT2D eigenvalue weighted by molar-refractivity contribution is -0.537. The first-order valence-corrected chi connectivity index (χ1v) is 13.4. The Bertz CT molecular complexity index is 1180. The number of hydrogen-bond donors (Lipinski definition) is 1. The average Bonchev–Trinajstić information content (AvgIpc) is 3.02. The van der Waals surface area contributed by atoms with E-state index in [9.17, 15) is 9.90 Å². The van der Waals surface area contributed by atoms with E-state index in [0.717, 1.165) is 65.2 Å². The van der Waals surface area contributed by atoms with Gasteiger partial charge in [0, 0.05) is 36.2 Å². The van der Waals surface area contributed by atoms with Crippen LogP contribution in [0.4, 0.5) is 0 Å². The summed E-state index contributed by atoms with van der Waals surface area (Å²) in [6.07, 6.45) is 5.77. The molecule has 0 spiro atoms. The predicted molar refractivity (Wildman–Crippen MR) is 137 cm³/mol. The van der Waals surface area contributed by atoms with E-state index < -0.39 is 6.02 Å². The second kappa shape index (κ2) is 10.3. The molecular weight excluding hydrogens is 530 g/mol. The topological polar surface area (TPSA) is 86.4 Å². The number of piperidine rings is 1. The zero-order valence-electron chi connectivity index (χ0n) is 19.6. The van der Waals surface area contributed by atoms with Crippen LogP contribution in [0.5, 0.6) is 0 Å². The summed E-state index contributed by atoms with van der Waals surface area (Å²) in [7, 11) is 0. The van der Waals surface area contributed by atoms with Crippen LogP contribution in [0.3, 0.4) is 0 Å². The van der Waals surface area contributed by atoms with E-state index in [1.165, 1.54) is 11.1 Å². The monoisotopic (exact) mass is 557 g/mol. The van der Waals surface area contributed by atoms with Crippen molar-refractivity contribution in [3.63, 3.8) is 0 Å². The minimum Gasteiger partial charge on any atom is -0.846 e. The van der Waals surface area contributed by atoms with Gasteiger partial charge in [-0.05, 0) is 70.8 Å². The fourth-order valence-electron chi connectivity index (χ4n) is 5.52. The molecule has 2 aliphatic heterocycles.